The lowest BCUT2D eigenvalue weighted by atomic mass is 10.0. The van der Waals surface area contributed by atoms with Gasteiger partial charge in [0.25, 0.3) is 0 Å². The van der Waals surface area contributed by atoms with Gasteiger partial charge in [-0.1, -0.05) is 13.8 Å². The van der Waals surface area contributed by atoms with E-state index in [2.05, 4.69) is 23.8 Å². The van der Waals surface area contributed by atoms with Crippen LogP contribution in [0.3, 0.4) is 0 Å². The first-order chi connectivity index (χ1) is 5.56. The fourth-order valence-corrected chi connectivity index (χ4v) is 1.62. The Morgan fingerprint density at radius 3 is 2.50 bits per heavy atom. The van der Waals surface area contributed by atoms with Gasteiger partial charge >= 0.3 is 0 Å². The molecule has 0 aliphatic heterocycles. The van der Waals surface area contributed by atoms with Gasteiger partial charge < -0.3 is 5.73 Å². The molecule has 1 saturated carbocycles. The molecule has 1 heterocycles. The highest BCUT2D eigenvalue weighted by atomic mass is 15.0. The Kier molecular flexibility index (Phi) is 1.31. The van der Waals surface area contributed by atoms with E-state index in [1.54, 1.807) is 18.6 Å². The molecule has 1 aliphatic carbocycles. The fraction of sp³-hybridized carbons (Fsp3) is 0.556. The first-order valence-corrected chi connectivity index (χ1v) is 4.12. The molecule has 1 aromatic rings. The highest BCUT2D eigenvalue weighted by Crippen LogP contribution is 2.59. The highest BCUT2D eigenvalue weighted by Gasteiger charge is 2.60. The molecule has 0 saturated heterocycles. The zero-order valence-electron chi connectivity index (χ0n) is 7.41. The quantitative estimate of drug-likeness (QED) is 0.673. The summed E-state index contributed by atoms with van der Waals surface area (Å²) in [5.41, 5.74) is 7.00. The fourth-order valence-electron chi connectivity index (χ4n) is 1.62. The average Bonchev–Trinajstić information content (AvgIpc) is 2.55. The lowest BCUT2D eigenvalue weighted by Gasteiger charge is -2.12. The second-order valence-electron chi connectivity index (χ2n) is 4.12. The zero-order chi connectivity index (χ0) is 8.82. The summed E-state index contributed by atoms with van der Waals surface area (Å²) in [6, 6.07) is 0. The third-order valence-electron chi connectivity index (χ3n) is 2.82. The molecular weight excluding hydrogens is 150 g/mol. The van der Waals surface area contributed by atoms with Gasteiger partial charge in [-0.15, -0.1) is 0 Å². The second-order valence-corrected chi connectivity index (χ2v) is 4.12. The minimum atomic E-state index is -0.235. The molecular formula is C9H13N3. The molecule has 3 heteroatoms. The van der Waals surface area contributed by atoms with E-state index in [0.29, 0.717) is 0 Å². The number of hydrogen-bond acceptors (Lipinski definition) is 3. The molecule has 1 unspecified atom stereocenters. The molecule has 2 N–H and O–H groups in total. The number of hydrogen-bond donors (Lipinski definition) is 1. The third kappa shape index (κ3) is 0.862. The van der Waals surface area contributed by atoms with E-state index in [0.717, 1.165) is 12.1 Å². The van der Waals surface area contributed by atoms with Crippen LogP contribution in [0.15, 0.2) is 18.6 Å². The first kappa shape index (κ1) is 7.68. The SMILES string of the molecule is CC1(C)CC1(N)c1cnccn1. The van der Waals surface area contributed by atoms with Crippen LogP contribution < -0.4 is 5.73 Å². The van der Waals surface area contributed by atoms with Crippen molar-refractivity contribution < 1.29 is 0 Å². The van der Waals surface area contributed by atoms with Gasteiger partial charge in [0.1, 0.15) is 0 Å². The monoisotopic (exact) mass is 163 g/mol. The van der Waals surface area contributed by atoms with Crippen molar-refractivity contribution in [1.82, 2.24) is 9.97 Å². The van der Waals surface area contributed by atoms with Crippen LogP contribution in [0, 0.1) is 5.41 Å². The molecule has 0 radical (unpaired) electrons. The van der Waals surface area contributed by atoms with E-state index in [1.807, 2.05) is 0 Å². The average molecular weight is 163 g/mol. The summed E-state index contributed by atoms with van der Waals surface area (Å²) in [4.78, 5) is 8.23. The smallest absolute Gasteiger partial charge is 0.0790 e. The molecule has 64 valence electrons. The maximum Gasteiger partial charge on any atom is 0.0790 e. The van der Waals surface area contributed by atoms with Crippen molar-refractivity contribution >= 4 is 0 Å². The van der Waals surface area contributed by atoms with Gasteiger partial charge in [0, 0.05) is 12.4 Å². The predicted octanol–water partition coefficient (Wildman–Crippen LogP) is 1.06. The second kappa shape index (κ2) is 2.04. The Morgan fingerprint density at radius 1 is 1.42 bits per heavy atom. The zero-order valence-corrected chi connectivity index (χ0v) is 7.41. The van der Waals surface area contributed by atoms with Crippen molar-refractivity contribution in [3.63, 3.8) is 0 Å². The summed E-state index contributed by atoms with van der Waals surface area (Å²) in [5.74, 6) is 0. The van der Waals surface area contributed by atoms with E-state index < -0.39 is 0 Å². The molecule has 1 aliphatic rings. The normalized spacial score (nSPS) is 31.6. The highest BCUT2D eigenvalue weighted by molar-refractivity contribution is 5.27. The number of aromatic nitrogens is 2. The lowest BCUT2D eigenvalue weighted by Crippen LogP contribution is -2.26. The Hall–Kier alpha value is -0.960. The van der Waals surface area contributed by atoms with Gasteiger partial charge in [-0.3, -0.25) is 9.97 Å². The van der Waals surface area contributed by atoms with Crippen LogP contribution in [0.1, 0.15) is 26.0 Å². The molecule has 0 bridgehead atoms. The summed E-state index contributed by atoms with van der Waals surface area (Å²) >= 11 is 0. The van der Waals surface area contributed by atoms with Crippen molar-refractivity contribution in [3.8, 4) is 0 Å². The first-order valence-electron chi connectivity index (χ1n) is 4.12. The Morgan fingerprint density at radius 2 is 2.08 bits per heavy atom. The van der Waals surface area contributed by atoms with Crippen LogP contribution in [0.4, 0.5) is 0 Å². The van der Waals surface area contributed by atoms with E-state index >= 15 is 0 Å². The van der Waals surface area contributed by atoms with Gasteiger partial charge in [-0.2, -0.15) is 0 Å². The van der Waals surface area contributed by atoms with E-state index in [-0.39, 0.29) is 11.0 Å². The predicted molar refractivity (Wildman–Crippen MR) is 46.3 cm³/mol. The molecule has 0 aromatic carbocycles. The Balaban J connectivity index is 2.35. The van der Waals surface area contributed by atoms with Crippen molar-refractivity contribution in [2.24, 2.45) is 11.1 Å². The molecule has 1 fully saturated rings. The number of nitrogens with zero attached hydrogens (tertiary/aromatic N) is 2. The standard InChI is InChI=1S/C9H13N3/c1-8(2)6-9(8,10)7-5-11-3-4-12-7/h3-5H,6,10H2,1-2H3. The summed E-state index contributed by atoms with van der Waals surface area (Å²) < 4.78 is 0. The van der Waals surface area contributed by atoms with Crippen LogP contribution in [0.2, 0.25) is 0 Å². The van der Waals surface area contributed by atoms with Crippen LogP contribution in [-0.4, -0.2) is 9.97 Å². The summed E-state index contributed by atoms with van der Waals surface area (Å²) in [6.07, 6.45) is 6.12. The maximum absolute atomic E-state index is 6.14. The summed E-state index contributed by atoms with van der Waals surface area (Å²) in [5, 5.41) is 0. The topological polar surface area (TPSA) is 51.8 Å². The molecule has 0 amide bonds. The van der Waals surface area contributed by atoms with Crippen molar-refractivity contribution in [3.05, 3.63) is 24.3 Å². The number of nitrogens with two attached hydrogens (primary N) is 1. The van der Waals surface area contributed by atoms with Gasteiger partial charge in [-0.25, -0.2) is 0 Å². The van der Waals surface area contributed by atoms with Crippen LogP contribution in [0.5, 0.6) is 0 Å². The van der Waals surface area contributed by atoms with E-state index in [4.69, 9.17) is 5.73 Å². The minimum absolute atomic E-state index is 0.184. The minimum Gasteiger partial charge on any atom is -0.320 e. The Bertz CT molecular complexity index is 294. The molecule has 1 aromatic heterocycles. The van der Waals surface area contributed by atoms with Gasteiger partial charge in [-0.05, 0) is 11.8 Å². The maximum atomic E-state index is 6.14. The van der Waals surface area contributed by atoms with Crippen molar-refractivity contribution in [1.29, 1.82) is 0 Å². The molecule has 12 heavy (non-hydrogen) atoms. The van der Waals surface area contributed by atoms with E-state index in [1.165, 1.54) is 0 Å². The Labute approximate surface area is 72.0 Å². The molecule has 0 spiro atoms. The third-order valence-corrected chi connectivity index (χ3v) is 2.82. The molecule has 3 nitrogen and oxygen atoms in total. The van der Waals surface area contributed by atoms with Crippen LogP contribution in [-0.2, 0) is 5.54 Å². The molecule has 1 atom stereocenters. The summed E-state index contributed by atoms with van der Waals surface area (Å²) in [6.45, 7) is 4.31. The van der Waals surface area contributed by atoms with Crippen LogP contribution in [0.25, 0.3) is 0 Å². The van der Waals surface area contributed by atoms with Crippen molar-refractivity contribution in [2.45, 2.75) is 25.8 Å². The van der Waals surface area contributed by atoms with Crippen LogP contribution >= 0.6 is 0 Å². The number of rotatable bonds is 1. The lowest BCUT2D eigenvalue weighted by molar-refractivity contribution is 0.498. The molecule has 2 rings (SSSR count). The van der Waals surface area contributed by atoms with Gasteiger partial charge in [0.2, 0.25) is 0 Å². The van der Waals surface area contributed by atoms with E-state index in [9.17, 15) is 0 Å². The van der Waals surface area contributed by atoms with Crippen molar-refractivity contribution in [2.75, 3.05) is 0 Å². The van der Waals surface area contributed by atoms with Gasteiger partial charge in [0.15, 0.2) is 0 Å². The summed E-state index contributed by atoms with van der Waals surface area (Å²) in [7, 11) is 0. The van der Waals surface area contributed by atoms with Gasteiger partial charge in [0.05, 0.1) is 17.4 Å². The largest absolute Gasteiger partial charge is 0.320 e.